The van der Waals surface area contributed by atoms with Crippen LogP contribution in [-0.2, 0) is 0 Å². The van der Waals surface area contributed by atoms with Gasteiger partial charge in [-0.1, -0.05) is 11.8 Å². The highest BCUT2D eigenvalue weighted by molar-refractivity contribution is 7.99. The number of aromatic nitrogens is 2. The van der Waals surface area contributed by atoms with Crippen molar-refractivity contribution in [3.05, 3.63) is 18.6 Å². The van der Waals surface area contributed by atoms with Crippen LogP contribution in [0.1, 0.15) is 6.42 Å². The smallest absolute Gasteiger partial charge is 0.330 e. The molecule has 1 unspecified atom stereocenters. The Morgan fingerprint density at radius 1 is 1.40 bits per heavy atom. The Morgan fingerprint density at radius 3 is 2.60 bits per heavy atom. The van der Waals surface area contributed by atoms with Crippen molar-refractivity contribution < 1.29 is 13.2 Å². The number of halogens is 3. The van der Waals surface area contributed by atoms with Gasteiger partial charge in [-0.25, -0.2) is 4.98 Å². The summed E-state index contributed by atoms with van der Waals surface area (Å²) in [6, 6.07) is 0. The van der Waals surface area contributed by atoms with E-state index in [1.54, 1.807) is 0 Å². The van der Waals surface area contributed by atoms with Crippen LogP contribution >= 0.6 is 11.8 Å². The van der Waals surface area contributed by atoms with Crippen LogP contribution in [-0.4, -0.2) is 27.9 Å². The molecule has 3 nitrogen and oxygen atoms in total. The largest absolute Gasteiger partial charge is 0.401 e. The van der Waals surface area contributed by atoms with E-state index >= 15 is 0 Å². The van der Waals surface area contributed by atoms with Crippen LogP contribution in [0.2, 0.25) is 0 Å². The Labute approximate surface area is 89.3 Å². The molecule has 84 valence electrons. The number of thioether (sulfide) groups is 1. The molecule has 1 atom stereocenters. The maximum absolute atomic E-state index is 12.5. The van der Waals surface area contributed by atoms with Crippen molar-refractivity contribution in [2.24, 2.45) is 5.73 Å². The molecule has 0 radical (unpaired) electrons. The summed E-state index contributed by atoms with van der Waals surface area (Å²) in [7, 11) is 0. The molecule has 1 aromatic rings. The van der Waals surface area contributed by atoms with Crippen molar-refractivity contribution in [3.63, 3.8) is 0 Å². The van der Waals surface area contributed by atoms with Gasteiger partial charge >= 0.3 is 6.18 Å². The molecular weight excluding hydrogens is 227 g/mol. The van der Waals surface area contributed by atoms with E-state index in [-0.39, 0.29) is 18.0 Å². The highest BCUT2D eigenvalue weighted by Gasteiger charge is 2.39. The monoisotopic (exact) mass is 237 g/mol. The Morgan fingerprint density at radius 2 is 2.13 bits per heavy atom. The van der Waals surface area contributed by atoms with Crippen LogP contribution in [0.5, 0.6) is 0 Å². The van der Waals surface area contributed by atoms with E-state index in [1.807, 2.05) is 0 Å². The van der Waals surface area contributed by atoms with Gasteiger partial charge in [-0.15, -0.1) is 0 Å². The zero-order chi connectivity index (χ0) is 11.3. The maximum atomic E-state index is 12.5. The van der Waals surface area contributed by atoms with Crippen LogP contribution in [0.4, 0.5) is 13.2 Å². The molecule has 7 heteroatoms. The first-order chi connectivity index (χ1) is 7.04. The number of nitrogens with zero attached hydrogens (tertiary/aromatic N) is 2. The molecule has 1 heterocycles. The van der Waals surface area contributed by atoms with Gasteiger partial charge in [0, 0.05) is 12.4 Å². The second-order valence-corrected chi connectivity index (χ2v) is 3.99. The molecule has 0 aliphatic rings. The van der Waals surface area contributed by atoms with E-state index in [0.29, 0.717) is 11.8 Å². The summed E-state index contributed by atoms with van der Waals surface area (Å²) in [6.07, 6.45) is -0.306. The van der Waals surface area contributed by atoms with E-state index in [2.05, 4.69) is 9.97 Å². The maximum Gasteiger partial charge on any atom is 0.401 e. The fraction of sp³-hybridized carbons (Fsp3) is 0.500. The van der Waals surface area contributed by atoms with E-state index in [0.717, 1.165) is 0 Å². The van der Waals surface area contributed by atoms with Gasteiger partial charge in [-0.2, -0.15) is 13.2 Å². The fourth-order valence-electron chi connectivity index (χ4n) is 0.933. The predicted molar refractivity (Wildman–Crippen MR) is 51.4 cm³/mol. The van der Waals surface area contributed by atoms with Crippen molar-refractivity contribution in [2.45, 2.75) is 22.9 Å². The van der Waals surface area contributed by atoms with Crippen molar-refractivity contribution >= 4 is 11.8 Å². The van der Waals surface area contributed by atoms with Crippen LogP contribution in [0, 0.1) is 0 Å². The molecule has 0 fully saturated rings. The average Bonchev–Trinajstić information content (AvgIpc) is 2.17. The zero-order valence-corrected chi connectivity index (χ0v) is 8.55. The summed E-state index contributed by atoms with van der Waals surface area (Å²) < 4.78 is 37.4. The van der Waals surface area contributed by atoms with Crippen molar-refractivity contribution in [1.29, 1.82) is 0 Å². The van der Waals surface area contributed by atoms with Crippen LogP contribution in [0.25, 0.3) is 0 Å². The molecule has 0 saturated carbocycles. The normalized spacial score (nSPS) is 13.9. The summed E-state index contributed by atoms with van der Waals surface area (Å²) in [5, 5.41) is -1.26. The van der Waals surface area contributed by atoms with Crippen molar-refractivity contribution in [1.82, 2.24) is 9.97 Å². The second-order valence-electron chi connectivity index (χ2n) is 2.77. The van der Waals surface area contributed by atoms with E-state index < -0.39 is 11.4 Å². The Kier molecular flexibility index (Phi) is 4.34. The Balaban J connectivity index is 2.67. The molecule has 0 spiro atoms. The molecule has 0 bridgehead atoms. The lowest BCUT2D eigenvalue weighted by Crippen LogP contribution is -2.28. The van der Waals surface area contributed by atoms with Crippen LogP contribution < -0.4 is 5.73 Å². The van der Waals surface area contributed by atoms with Crippen molar-refractivity contribution in [2.75, 3.05) is 6.54 Å². The predicted octanol–water partition coefficient (Wildman–Crippen LogP) is 1.85. The average molecular weight is 237 g/mol. The fourth-order valence-corrected chi connectivity index (χ4v) is 1.86. The van der Waals surface area contributed by atoms with Gasteiger partial charge in [0.25, 0.3) is 0 Å². The molecule has 0 amide bonds. The van der Waals surface area contributed by atoms with E-state index in [4.69, 9.17) is 5.73 Å². The third-order valence-corrected chi connectivity index (χ3v) is 2.84. The highest BCUT2D eigenvalue weighted by atomic mass is 32.2. The molecule has 1 aromatic heterocycles. The third kappa shape index (κ3) is 4.05. The minimum atomic E-state index is -4.26. The summed E-state index contributed by atoms with van der Waals surface area (Å²) in [4.78, 5) is 7.47. The van der Waals surface area contributed by atoms with Crippen LogP contribution in [0.15, 0.2) is 23.6 Å². The zero-order valence-electron chi connectivity index (χ0n) is 7.74. The van der Waals surface area contributed by atoms with E-state index in [1.165, 1.54) is 18.6 Å². The van der Waals surface area contributed by atoms with Gasteiger partial charge in [-0.3, -0.25) is 4.98 Å². The lowest BCUT2D eigenvalue weighted by atomic mass is 10.3. The SMILES string of the molecule is NCCC(Sc1cnccn1)C(F)(F)F. The van der Waals surface area contributed by atoms with Gasteiger partial charge in [0.15, 0.2) is 0 Å². The molecule has 0 aromatic carbocycles. The highest BCUT2D eigenvalue weighted by Crippen LogP contribution is 2.35. The van der Waals surface area contributed by atoms with Gasteiger partial charge in [-0.05, 0) is 13.0 Å². The minimum absolute atomic E-state index is 0.00254. The first-order valence-electron chi connectivity index (χ1n) is 4.23. The number of alkyl halides is 3. The molecule has 0 aliphatic carbocycles. The minimum Gasteiger partial charge on any atom is -0.330 e. The van der Waals surface area contributed by atoms with Crippen molar-refractivity contribution in [3.8, 4) is 0 Å². The number of nitrogens with two attached hydrogens (primary N) is 1. The summed E-state index contributed by atoms with van der Waals surface area (Å²) in [6.45, 7) is -0.00254. The lowest BCUT2D eigenvalue weighted by Gasteiger charge is -2.18. The molecule has 0 saturated heterocycles. The van der Waals surface area contributed by atoms with Gasteiger partial charge < -0.3 is 5.73 Å². The van der Waals surface area contributed by atoms with Gasteiger partial charge in [0.2, 0.25) is 0 Å². The first kappa shape index (κ1) is 12.3. The van der Waals surface area contributed by atoms with Gasteiger partial charge in [0.05, 0.1) is 6.20 Å². The Hall–Kier alpha value is -0.820. The molecule has 15 heavy (non-hydrogen) atoms. The molecule has 2 N–H and O–H groups in total. The molecule has 1 rings (SSSR count). The molecule has 0 aliphatic heterocycles. The summed E-state index contributed by atoms with van der Waals surface area (Å²) in [5.41, 5.74) is 5.13. The number of hydrogen-bond acceptors (Lipinski definition) is 4. The summed E-state index contributed by atoms with van der Waals surface area (Å²) in [5.74, 6) is 0. The standard InChI is InChI=1S/C8H10F3N3S/c9-8(10,11)6(1-2-12)15-7-5-13-3-4-14-7/h3-6H,1-2,12H2. The van der Waals surface area contributed by atoms with Gasteiger partial charge in [0.1, 0.15) is 10.3 Å². The lowest BCUT2D eigenvalue weighted by molar-refractivity contribution is -0.129. The van der Waals surface area contributed by atoms with Crippen LogP contribution in [0.3, 0.4) is 0 Å². The quantitative estimate of drug-likeness (QED) is 0.812. The van der Waals surface area contributed by atoms with E-state index in [9.17, 15) is 13.2 Å². The summed E-state index contributed by atoms with van der Waals surface area (Å²) >= 11 is 0.642. The third-order valence-electron chi connectivity index (χ3n) is 1.60. The topological polar surface area (TPSA) is 51.8 Å². The number of hydrogen-bond donors (Lipinski definition) is 1. The number of rotatable bonds is 4. The first-order valence-corrected chi connectivity index (χ1v) is 5.11. The second kappa shape index (κ2) is 5.32. The Bertz CT molecular complexity index is 291. The molecular formula is C8H10F3N3S.